The molecule has 2 N–H and O–H groups in total. The Kier molecular flexibility index (Phi) is 6.89. The van der Waals surface area contributed by atoms with E-state index in [1.165, 1.54) is 6.92 Å². The van der Waals surface area contributed by atoms with Crippen molar-refractivity contribution in [2.24, 2.45) is 0 Å². The van der Waals surface area contributed by atoms with Crippen molar-refractivity contribution in [2.75, 3.05) is 5.73 Å². The maximum Gasteiger partial charge on any atom is 0.308 e. The van der Waals surface area contributed by atoms with E-state index in [4.69, 9.17) is 20.4 Å². The van der Waals surface area contributed by atoms with E-state index < -0.39 is 5.97 Å². The summed E-state index contributed by atoms with van der Waals surface area (Å²) < 4.78 is 5.29. The van der Waals surface area contributed by atoms with Crippen LogP contribution in [0.25, 0.3) is 16.8 Å². The zero-order chi connectivity index (χ0) is 23.9. The van der Waals surface area contributed by atoms with E-state index in [1.54, 1.807) is 0 Å². The number of aldehydes is 1. The van der Waals surface area contributed by atoms with Crippen LogP contribution < -0.4 is 5.73 Å². The molecule has 6 nitrogen and oxygen atoms in total. The monoisotopic (exact) mass is 449 g/mol. The average molecular weight is 450 g/mol. The van der Waals surface area contributed by atoms with Crippen LogP contribution in [-0.4, -0.2) is 22.2 Å². The lowest BCUT2D eigenvalue weighted by molar-refractivity contribution is -0.138. The minimum atomic E-state index is -0.613. The van der Waals surface area contributed by atoms with Crippen LogP contribution in [0.4, 0.5) is 5.82 Å². The Morgan fingerprint density at radius 2 is 1.47 bits per heavy atom. The lowest BCUT2D eigenvalue weighted by Crippen LogP contribution is -2.11. The smallest absolute Gasteiger partial charge is 0.308 e. The molecule has 0 unspecified atom stereocenters. The van der Waals surface area contributed by atoms with Gasteiger partial charge in [-0.25, -0.2) is 9.97 Å². The van der Waals surface area contributed by atoms with Crippen LogP contribution in [0, 0.1) is 0 Å². The summed E-state index contributed by atoms with van der Waals surface area (Å²) in [7, 11) is 0. The zero-order valence-corrected chi connectivity index (χ0v) is 18.6. The topological polar surface area (TPSA) is 95.2 Å². The van der Waals surface area contributed by atoms with Gasteiger partial charge in [0.2, 0.25) is 0 Å². The van der Waals surface area contributed by atoms with E-state index in [1.807, 2.05) is 91.0 Å². The second kappa shape index (κ2) is 10.4. The van der Waals surface area contributed by atoms with Crippen molar-refractivity contribution in [2.45, 2.75) is 13.3 Å². The molecule has 1 aromatic heterocycles. The van der Waals surface area contributed by atoms with Crippen molar-refractivity contribution < 1.29 is 14.3 Å². The second-order valence-corrected chi connectivity index (χ2v) is 7.60. The standard InChI is InChI=1S/C28H23N3O3/c1-19(33)34-24(18-32)25(21-13-7-3-8-14-21)27-26(22-15-9-4-10-16-22)30-23(28(29)31-27)17-20-11-5-2-6-12-20/h2-16,18H,17H2,1H3,(H2,29,31). The molecule has 0 spiro atoms. The number of nitrogen functional groups attached to an aromatic ring is 1. The summed E-state index contributed by atoms with van der Waals surface area (Å²) in [4.78, 5) is 33.4. The number of esters is 1. The fourth-order valence-electron chi connectivity index (χ4n) is 3.66. The molecule has 0 aliphatic heterocycles. The van der Waals surface area contributed by atoms with Crippen LogP contribution in [0.1, 0.15) is 29.4 Å². The van der Waals surface area contributed by atoms with Gasteiger partial charge in [-0.3, -0.25) is 9.59 Å². The van der Waals surface area contributed by atoms with Crippen LogP contribution in [0.3, 0.4) is 0 Å². The van der Waals surface area contributed by atoms with Gasteiger partial charge in [0.05, 0.1) is 17.0 Å². The number of nitrogens with zero attached hydrogens (tertiary/aromatic N) is 2. The lowest BCUT2D eigenvalue weighted by Gasteiger charge is -2.17. The predicted octanol–water partition coefficient (Wildman–Crippen LogP) is 4.84. The van der Waals surface area contributed by atoms with E-state index in [0.29, 0.717) is 40.9 Å². The minimum absolute atomic E-state index is 0.152. The number of rotatable bonds is 7. The summed E-state index contributed by atoms with van der Waals surface area (Å²) in [5, 5.41) is 0. The summed E-state index contributed by atoms with van der Waals surface area (Å²) in [6, 6.07) is 28.5. The van der Waals surface area contributed by atoms with Crippen molar-refractivity contribution in [3.05, 3.63) is 119 Å². The molecule has 0 amide bonds. The van der Waals surface area contributed by atoms with Gasteiger partial charge in [-0.15, -0.1) is 0 Å². The molecule has 34 heavy (non-hydrogen) atoms. The molecule has 0 aliphatic carbocycles. The van der Waals surface area contributed by atoms with E-state index in [9.17, 15) is 9.59 Å². The summed E-state index contributed by atoms with van der Waals surface area (Å²) in [6.07, 6.45) is 1.00. The fraction of sp³-hybridized carbons (Fsp3) is 0.0714. The Morgan fingerprint density at radius 3 is 2.06 bits per heavy atom. The van der Waals surface area contributed by atoms with Gasteiger partial charge in [0.25, 0.3) is 0 Å². The molecule has 0 bridgehead atoms. The number of ether oxygens (including phenoxy) is 1. The van der Waals surface area contributed by atoms with E-state index in [0.717, 1.165) is 11.1 Å². The molecule has 168 valence electrons. The van der Waals surface area contributed by atoms with Crippen LogP contribution in [0.2, 0.25) is 0 Å². The number of allylic oxidation sites excluding steroid dienone is 1. The zero-order valence-electron chi connectivity index (χ0n) is 18.6. The molecule has 0 fully saturated rings. The SMILES string of the molecule is CC(=O)OC(C=O)=C(c1ccccc1)c1nc(N)c(Cc2ccccc2)nc1-c1ccccc1. The summed E-state index contributed by atoms with van der Waals surface area (Å²) in [5.74, 6) is -0.529. The molecule has 3 aromatic carbocycles. The molecule has 0 saturated carbocycles. The molecule has 0 radical (unpaired) electrons. The van der Waals surface area contributed by atoms with Gasteiger partial charge in [-0.05, 0) is 11.1 Å². The molecule has 0 aliphatic rings. The van der Waals surface area contributed by atoms with Crippen LogP contribution in [-0.2, 0) is 20.7 Å². The Labute approximate surface area is 197 Å². The fourth-order valence-corrected chi connectivity index (χ4v) is 3.66. The number of carbonyl (C=O) groups is 2. The van der Waals surface area contributed by atoms with Crippen molar-refractivity contribution >= 4 is 23.6 Å². The number of aromatic nitrogens is 2. The average Bonchev–Trinajstić information content (AvgIpc) is 2.86. The molecule has 0 saturated heterocycles. The van der Waals surface area contributed by atoms with Gasteiger partial charge in [0, 0.05) is 18.9 Å². The number of hydrogen-bond acceptors (Lipinski definition) is 6. The Balaban J connectivity index is 1.99. The van der Waals surface area contributed by atoms with Crippen molar-refractivity contribution in [3.63, 3.8) is 0 Å². The summed E-state index contributed by atoms with van der Waals surface area (Å²) in [6.45, 7) is 1.24. The number of hydrogen-bond donors (Lipinski definition) is 1. The first-order valence-electron chi connectivity index (χ1n) is 10.8. The van der Waals surface area contributed by atoms with Crippen molar-refractivity contribution in [1.82, 2.24) is 9.97 Å². The third kappa shape index (κ3) is 5.07. The highest BCUT2D eigenvalue weighted by Crippen LogP contribution is 2.34. The molecule has 6 heteroatoms. The largest absolute Gasteiger partial charge is 0.422 e. The minimum Gasteiger partial charge on any atom is -0.422 e. The second-order valence-electron chi connectivity index (χ2n) is 7.60. The Hall–Kier alpha value is -4.58. The predicted molar refractivity (Wildman–Crippen MR) is 131 cm³/mol. The highest BCUT2D eigenvalue weighted by Gasteiger charge is 2.23. The van der Waals surface area contributed by atoms with Crippen LogP contribution in [0.5, 0.6) is 0 Å². The van der Waals surface area contributed by atoms with E-state index >= 15 is 0 Å². The number of nitrogens with two attached hydrogens (primary N) is 1. The number of benzene rings is 3. The number of anilines is 1. The maximum atomic E-state index is 12.1. The maximum absolute atomic E-state index is 12.1. The van der Waals surface area contributed by atoms with Crippen LogP contribution >= 0.6 is 0 Å². The normalized spacial score (nSPS) is 11.4. The third-order valence-corrected chi connectivity index (χ3v) is 5.17. The first-order chi connectivity index (χ1) is 16.6. The van der Waals surface area contributed by atoms with Crippen LogP contribution in [0.15, 0.2) is 96.8 Å². The molecule has 4 aromatic rings. The highest BCUT2D eigenvalue weighted by atomic mass is 16.5. The molecule has 1 heterocycles. The number of carbonyl (C=O) groups excluding carboxylic acids is 2. The molecule has 0 atom stereocenters. The van der Waals surface area contributed by atoms with Gasteiger partial charge in [0.1, 0.15) is 11.5 Å². The highest BCUT2D eigenvalue weighted by molar-refractivity contribution is 5.97. The Morgan fingerprint density at radius 1 is 0.882 bits per heavy atom. The van der Waals surface area contributed by atoms with Gasteiger partial charge in [0.15, 0.2) is 12.0 Å². The van der Waals surface area contributed by atoms with Gasteiger partial charge in [-0.2, -0.15) is 0 Å². The van der Waals surface area contributed by atoms with Gasteiger partial charge < -0.3 is 10.5 Å². The summed E-state index contributed by atoms with van der Waals surface area (Å²) in [5.41, 5.74) is 10.7. The third-order valence-electron chi connectivity index (χ3n) is 5.17. The lowest BCUT2D eigenvalue weighted by atomic mass is 9.96. The quantitative estimate of drug-likeness (QED) is 0.188. The summed E-state index contributed by atoms with van der Waals surface area (Å²) >= 11 is 0. The van der Waals surface area contributed by atoms with Gasteiger partial charge >= 0.3 is 5.97 Å². The van der Waals surface area contributed by atoms with Gasteiger partial charge in [-0.1, -0.05) is 91.0 Å². The van der Waals surface area contributed by atoms with Crippen molar-refractivity contribution in [1.29, 1.82) is 0 Å². The first-order valence-corrected chi connectivity index (χ1v) is 10.8. The first kappa shape index (κ1) is 22.6. The van der Waals surface area contributed by atoms with E-state index in [2.05, 4.69) is 0 Å². The molecule has 4 rings (SSSR count). The Bertz CT molecular complexity index is 1340. The van der Waals surface area contributed by atoms with Crippen molar-refractivity contribution in [3.8, 4) is 11.3 Å². The van der Waals surface area contributed by atoms with E-state index in [-0.39, 0.29) is 11.6 Å². The molecular weight excluding hydrogens is 426 g/mol. The molecular formula is C28H23N3O3.